The summed E-state index contributed by atoms with van der Waals surface area (Å²) in [5.74, 6) is -0.878. The molecule has 0 heterocycles. The Hall–Kier alpha value is -0.670. The monoisotopic (exact) mass is 366 g/mol. The maximum absolute atomic E-state index is 14.1. The van der Waals surface area contributed by atoms with Crippen LogP contribution in [0.25, 0.3) is 0 Å². The van der Waals surface area contributed by atoms with E-state index in [-0.39, 0.29) is 34.7 Å². The highest BCUT2D eigenvalue weighted by molar-refractivity contribution is 5.66. The lowest BCUT2D eigenvalue weighted by Crippen LogP contribution is -2.53. The van der Waals surface area contributed by atoms with E-state index in [0.717, 1.165) is 44.9 Å². The lowest BCUT2D eigenvalue weighted by atomic mass is 9.45. The van der Waals surface area contributed by atoms with Crippen LogP contribution in [0.1, 0.15) is 72.1 Å². The number of ether oxygens (including phenoxy) is 1. The van der Waals surface area contributed by atoms with Crippen LogP contribution in [0.3, 0.4) is 0 Å². The largest absolute Gasteiger partial charge is 0.462 e. The molecular weight excluding hydrogens is 334 g/mol. The fourth-order valence-corrected chi connectivity index (χ4v) is 8.43. The second kappa shape index (κ2) is 5.23. The minimum absolute atomic E-state index is 0.0555. The number of hydrogen-bond donors (Lipinski definition) is 0. The zero-order chi connectivity index (χ0) is 18.5. The van der Waals surface area contributed by atoms with Crippen molar-refractivity contribution in [2.24, 2.45) is 46.3 Å². The maximum Gasteiger partial charge on any atom is 0.302 e. The van der Waals surface area contributed by atoms with Crippen LogP contribution in [0.2, 0.25) is 0 Å². The molecule has 0 aromatic rings. The summed E-state index contributed by atoms with van der Waals surface area (Å²) in [5, 5.41) is 0. The van der Waals surface area contributed by atoms with Gasteiger partial charge in [-0.1, -0.05) is 13.8 Å². The van der Waals surface area contributed by atoms with E-state index in [4.69, 9.17) is 4.74 Å². The Kier molecular flexibility index (Phi) is 3.50. The number of carbonyl (C=O) groups excluding carboxylic acids is 1. The molecule has 5 aliphatic carbocycles. The normalized spacial score (nSPS) is 56.6. The van der Waals surface area contributed by atoms with Crippen molar-refractivity contribution in [1.82, 2.24) is 0 Å². The predicted molar refractivity (Wildman–Crippen MR) is 94.6 cm³/mol. The number of carbonyl (C=O) groups is 1. The van der Waals surface area contributed by atoms with E-state index in [1.54, 1.807) is 0 Å². The summed E-state index contributed by atoms with van der Waals surface area (Å²) in [6.45, 7) is 6.19. The van der Waals surface area contributed by atoms with Crippen LogP contribution in [-0.4, -0.2) is 18.0 Å². The molecule has 146 valence electrons. The van der Waals surface area contributed by atoms with Gasteiger partial charge in [-0.2, -0.15) is 0 Å². The van der Waals surface area contributed by atoms with E-state index in [1.807, 2.05) is 0 Å². The molecule has 2 nitrogen and oxygen atoms in total. The van der Waals surface area contributed by atoms with E-state index in [9.17, 15) is 13.6 Å². The first-order valence-electron chi connectivity index (χ1n) is 10.7. The second-order valence-corrected chi connectivity index (χ2v) is 10.7. The molecule has 0 aromatic carbocycles. The molecule has 9 atom stereocenters. The van der Waals surface area contributed by atoms with Crippen LogP contribution >= 0.6 is 0 Å². The molecule has 0 amide bonds. The number of esters is 1. The van der Waals surface area contributed by atoms with E-state index in [1.165, 1.54) is 13.3 Å². The molecule has 0 unspecified atom stereocenters. The Labute approximate surface area is 155 Å². The quantitative estimate of drug-likeness (QED) is 0.577. The first kappa shape index (κ1) is 17.4. The van der Waals surface area contributed by atoms with Crippen LogP contribution in [0, 0.1) is 46.3 Å². The van der Waals surface area contributed by atoms with Gasteiger partial charge in [0.25, 0.3) is 5.92 Å². The number of rotatable bonds is 1. The van der Waals surface area contributed by atoms with Crippen molar-refractivity contribution in [2.45, 2.75) is 84.2 Å². The van der Waals surface area contributed by atoms with E-state index >= 15 is 0 Å². The van der Waals surface area contributed by atoms with Gasteiger partial charge in [-0.3, -0.25) is 4.79 Å². The number of halogens is 2. The van der Waals surface area contributed by atoms with Gasteiger partial charge < -0.3 is 4.74 Å². The molecular formula is C22H32F2O2. The van der Waals surface area contributed by atoms with Crippen molar-refractivity contribution in [1.29, 1.82) is 0 Å². The van der Waals surface area contributed by atoms with Crippen molar-refractivity contribution in [3.05, 3.63) is 0 Å². The van der Waals surface area contributed by atoms with E-state index in [2.05, 4.69) is 13.8 Å². The van der Waals surface area contributed by atoms with Crippen LogP contribution in [0.5, 0.6) is 0 Å². The average molecular weight is 366 g/mol. The van der Waals surface area contributed by atoms with Crippen molar-refractivity contribution >= 4 is 5.97 Å². The molecule has 0 N–H and O–H groups in total. The second-order valence-electron chi connectivity index (χ2n) is 10.7. The van der Waals surface area contributed by atoms with Gasteiger partial charge in [-0.15, -0.1) is 0 Å². The third kappa shape index (κ3) is 2.11. The first-order valence-corrected chi connectivity index (χ1v) is 10.7. The number of hydrogen-bond acceptors (Lipinski definition) is 2. The molecule has 0 radical (unpaired) electrons. The number of alkyl halides is 2. The minimum Gasteiger partial charge on any atom is -0.462 e. The molecule has 0 aliphatic heterocycles. The Balaban J connectivity index is 1.41. The molecule has 5 aliphatic rings. The summed E-state index contributed by atoms with van der Waals surface area (Å²) in [5.41, 5.74) is 0.196. The lowest BCUT2D eigenvalue weighted by molar-refractivity contribution is -0.161. The lowest BCUT2D eigenvalue weighted by Gasteiger charge is -2.60. The van der Waals surface area contributed by atoms with Gasteiger partial charge in [0.1, 0.15) is 6.10 Å². The SMILES string of the molecule is CC(=O)O[C@H]1CC[C@H]2[C@@H]3CC[C@@H]4C[C@@H]5[C@@H](C[C@]4(C)[C@H]3CC[C@]12C)C5(F)F. The molecule has 0 spiro atoms. The van der Waals surface area contributed by atoms with Gasteiger partial charge in [0.2, 0.25) is 0 Å². The Morgan fingerprint density at radius 3 is 2.38 bits per heavy atom. The molecule has 5 fully saturated rings. The van der Waals surface area contributed by atoms with Crippen LogP contribution < -0.4 is 0 Å². The highest BCUT2D eigenvalue weighted by Gasteiger charge is 2.74. The van der Waals surface area contributed by atoms with Gasteiger partial charge in [0.15, 0.2) is 0 Å². The molecule has 0 bridgehead atoms. The van der Waals surface area contributed by atoms with Crippen LogP contribution in [0.4, 0.5) is 8.78 Å². The van der Waals surface area contributed by atoms with Gasteiger partial charge in [0.05, 0.1) is 0 Å². The third-order valence-corrected chi connectivity index (χ3v) is 9.85. The van der Waals surface area contributed by atoms with Gasteiger partial charge >= 0.3 is 5.97 Å². The smallest absolute Gasteiger partial charge is 0.302 e. The zero-order valence-corrected chi connectivity index (χ0v) is 16.3. The summed E-state index contributed by atoms with van der Waals surface area (Å²) in [6.07, 6.45) is 8.21. The molecule has 5 rings (SSSR count). The fraction of sp³-hybridized carbons (Fsp3) is 0.955. The maximum atomic E-state index is 14.1. The summed E-state index contributed by atoms with van der Waals surface area (Å²) in [6, 6.07) is 0. The van der Waals surface area contributed by atoms with E-state index < -0.39 is 5.92 Å². The minimum atomic E-state index is -2.38. The summed E-state index contributed by atoms with van der Waals surface area (Å²) < 4.78 is 34.0. The van der Waals surface area contributed by atoms with Crippen molar-refractivity contribution < 1.29 is 18.3 Å². The van der Waals surface area contributed by atoms with Crippen LogP contribution in [0.15, 0.2) is 0 Å². The van der Waals surface area contributed by atoms with Crippen LogP contribution in [-0.2, 0) is 9.53 Å². The summed E-state index contributed by atoms with van der Waals surface area (Å²) in [7, 11) is 0. The average Bonchev–Trinajstić information content (AvgIpc) is 2.91. The standard InChI is InChI=1S/C22H32F2O2/c1-12(25)26-19-7-6-15-14-5-4-13-10-17-18(22(17,23)24)11-21(13,3)16(14)8-9-20(15,19)2/h13-19H,4-11H2,1-3H3/t13-,14+,15+,16+,17-,18-,19+,20+,21+/m1/s1. The van der Waals surface area contributed by atoms with Gasteiger partial charge in [-0.05, 0) is 80.5 Å². The van der Waals surface area contributed by atoms with Gasteiger partial charge in [-0.25, -0.2) is 8.78 Å². The predicted octanol–water partition coefficient (Wildman–Crippen LogP) is 5.45. The van der Waals surface area contributed by atoms with Crippen molar-refractivity contribution in [2.75, 3.05) is 0 Å². The molecule has 0 aromatic heterocycles. The first-order chi connectivity index (χ1) is 12.2. The third-order valence-electron chi connectivity index (χ3n) is 9.85. The zero-order valence-electron chi connectivity index (χ0n) is 16.3. The molecule has 4 heteroatoms. The Morgan fingerprint density at radius 2 is 1.65 bits per heavy atom. The summed E-state index contributed by atoms with van der Waals surface area (Å²) in [4.78, 5) is 11.5. The Bertz CT molecular complexity index is 634. The van der Waals surface area contributed by atoms with Crippen molar-refractivity contribution in [3.63, 3.8) is 0 Å². The number of fused-ring (bicyclic) bond motifs is 6. The molecule has 5 saturated carbocycles. The fourth-order valence-electron chi connectivity index (χ4n) is 8.43. The topological polar surface area (TPSA) is 26.3 Å². The van der Waals surface area contributed by atoms with Gasteiger partial charge in [0, 0.05) is 24.2 Å². The highest BCUT2D eigenvalue weighted by Crippen LogP contribution is 2.73. The molecule has 26 heavy (non-hydrogen) atoms. The van der Waals surface area contributed by atoms with Crippen molar-refractivity contribution in [3.8, 4) is 0 Å². The molecule has 0 saturated heterocycles. The summed E-state index contributed by atoms with van der Waals surface area (Å²) >= 11 is 0. The Morgan fingerprint density at radius 1 is 0.923 bits per heavy atom. The highest BCUT2D eigenvalue weighted by atomic mass is 19.3. The van der Waals surface area contributed by atoms with E-state index in [0.29, 0.717) is 23.7 Å².